The number of hydrogen-bond donors (Lipinski definition) is 0. The maximum Gasteiger partial charge on any atom is 0.0402 e. The predicted octanol–water partition coefficient (Wildman–Crippen LogP) is 7.66. The first-order valence-corrected chi connectivity index (χ1v) is 11.6. The third-order valence-corrected chi connectivity index (χ3v) is 7.36. The molecule has 0 spiro atoms. The Bertz CT molecular complexity index is 946. The summed E-state index contributed by atoms with van der Waals surface area (Å²) in [7, 11) is 4.35. The van der Waals surface area contributed by atoms with E-state index in [1.807, 2.05) is 24.3 Å². The highest BCUT2D eigenvalue weighted by Crippen LogP contribution is 2.41. The van der Waals surface area contributed by atoms with Crippen LogP contribution in [0.15, 0.2) is 73.9 Å². The van der Waals surface area contributed by atoms with E-state index in [9.17, 15) is 0 Å². The van der Waals surface area contributed by atoms with Gasteiger partial charge < -0.3 is 9.80 Å². The van der Waals surface area contributed by atoms with Crippen LogP contribution in [0.4, 0.5) is 11.4 Å². The number of fused-ring (bicyclic) bond motifs is 2. The average Bonchev–Trinajstić information content (AvgIpc) is 3.16. The molecule has 2 heterocycles. The highest BCUT2D eigenvalue weighted by Gasteiger charge is 2.30. The van der Waals surface area contributed by atoms with Crippen LogP contribution in [0.1, 0.15) is 61.8 Å². The molecule has 0 N–H and O–H groups in total. The molecular formula is C30H38N2. The Morgan fingerprint density at radius 2 is 1.03 bits per heavy atom. The first kappa shape index (κ1) is 23.7. The largest absolute Gasteiger partial charge is 0.371 e. The fourth-order valence-electron chi connectivity index (χ4n) is 4.71. The molecule has 0 saturated carbocycles. The minimum absolute atomic E-state index is 0.591. The van der Waals surface area contributed by atoms with Crippen molar-refractivity contribution >= 4 is 23.5 Å². The van der Waals surface area contributed by atoms with Crippen LogP contribution in [0.3, 0.4) is 0 Å². The van der Waals surface area contributed by atoms with Gasteiger partial charge in [-0.25, -0.2) is 0 Å². The third-order valence-electron chi connectivity index (χ3n) is 7.36. The Morgan fingerprint density at radius 1 is 0.656 bits per heavy atom. The predicted molar refractivity (Wildman–Crippen MR) is 144 cm³/mol. The van der Waals surface area contributed by atoms with Crippen molar-refractivity contribution in [2.75, 3.05) is 23.9 Å². The van der Waals surface area contributed by atoms with E-state index in [0.717, 1.165) is 0 Å². The van der Waals surface area contributed by atoms with Crippen molar-refractivity contribution in [2.24, 2.45) is 0 Å². The molecule has 32 heavy (non-hydrogen) atoms. The second-order valence-electron chi connectivity index (χ2n) is 9.11. The number of rotatable bonds is 4. The molecule has 168 valence electrons. The summed E-state index contributed by atoms with van der Waals surface area (Å²) < 4.78 is 0. The van der Waals surface area contributed by atoms with E-state index in [1.165, 1.54) is 33.6 Å². The van der Waals surface area contributed by atoms with Crippen LogP contribution in [0.2, 0.25) is 0 Å². The maximum atomic E-state index is 3.69. The van der Waals surface area contributed by atoms with Crippen LogP contribution < -0.4 is 9.80 Å². The number of hydrogen-bond acceptors (Lipinski definition) is 2. The lowest BCUT2D eigenvalue weighted by Gasteiger charge is -2.20. The molecule has 0 aromatic heterocycles. The van der Waals surface area contributed by atoms with E-state index in [2.05, 4.69) is 113 Å². The topological polar surface area (TPSA) is 6.48 Å². The smallest absolute Gasteiger partial charge is 0.0402 e. The first-order valence-electron chi connectivity index (χ1n) is 11.6. The molecular weight excluding hydrogens is 388 g/mol. The highest BCUT2D eigenvalue weighted by atomic mass is 15.2. The van der Waals surface area contributed by atoms with Gasteiger partial charge in [-0.05, 0) is 60.4 Å². The van der Waals surface area contributed by atoms with Gasteiger partial charge in [-0.3, -0.25) is 0 Å². The lowest BCUT2D eigenvalue weighted by molar-refractivity contribution is 0.626. The summed E-state index contributed by atoms with van der Waals surface area (Å²) in [6, 6.07) is 14.5. The zero-order chi connectivity index (χ0) is 23.4. The lowest BCUT2D eigenvalue weighted by atomic mass is 9.96. The lowest BCUT2D eigenvalue weighted by Crippen LogP contribution is -2.25. The highest BCUT2D eigenvalue weighted by molar-refractivity contribution is 5.67. The monoisotopic (exact) mass is 426 g/mol. The fraction of sp³-hybridized carbons (Fsp3) is 0.333. The quantitative estimate of drug-likeness (QED) is 0.463. The van der Waals surface area contributed by atoms with E-state index in [1.54, 1.807) is 0 Å². The standard InChI is InChI=1S/2C15H19N/c2*1-5-6-7-13-8-9-15-14(10-13)11(2)12(3)16(15)4/h2*5-12H,1H2,2-4H3/b7-6+;7-6-. The average molecular weight is 427 g/mol. The number of nitrogens with zero attached hydrogens (tertiary/aromatic N) is 2. The van der Waals surface area contributed by atoms with Gasteiger partial charge in [-0.15, -0.1) is 0 Å². The molecule has 2 aromatic rings. The molecule has 0 fully saturated rings. The van der Waals surface area contributed by atoms with Crippen LogP contribution in [-0.4, -0.2) is 26.2 Å². The van der Waals surface area contributed by atoms with Crippen molar-refractivity contribution in [3.8, 4) is 0 Å². The van der Waals surface area contributed by atoms with Gasteiger partial charge in [-0.2, -0.15) is 0 Å². The Kier molecular flexibility index (Phi) is 7.45. The second kappa shape index (κ2) is 10.1. The van der Waals surface area contributed by atoms with Crippen LogP contribution in [0.5, 0.6) is 0 Å². The van der Waals surface area contributed by atoms with E-state index < -0.39 is 0 Å². The Labute approximate surface area is 195 Å². The van der Waals surface area contributed by atoms with Crippen molar-refractivity contribution in [2.45, 2.75) is 51.6 Å². The zero-order valence-electron chi connectivity index (χ0n) is 20.5. The molecule has 4 atom stereocenters. The normalized spacial score (nSPS) is 23.8. The van der Waals surface area contributed by atoms with E-state index in [4.69, 9.17) is 0 Å². The second-order valence-corrected chi connectivity index (χ2v) is 9.11. The Hall–Kier alpha value is -3.00. The van der Waals surface area contributed by atoms with Crippen molar-refractivity contribution < 1.29 is 0 Å². The molecule has 2 aliphatic heterocycles. The molecule has 0 amide bonds. The van der Waals surface area contributed by atoms with Crippen molar-refractivity contribution in [1.82, 2.24) is 0 Å². The fourth-order valence-corrected chi connectivity index (χ4v) is 4.71. The van der Waals surface area contributed by atoms with Crippen LogP contribution in [0.25, 0.3) is 12.2 Å². The number of benzene rings is 2. The molecule has 2 nitrogen and oxygen atoms in total. The Morgan fingerprint density at radius 3 is 1.38 bits per heavy atom. The van der Waals surface area contributed by atoms with Gasteiger partial charge in [0, 0.05) is 49.4 Å². The van der Waals surface area contributed by atoms with E-state index in [0.29, 0.717) is 23.9 Å². The minimum atomic E-state index is 0.591. The van der Waals surface area contributed by atoms with Crippen molar-refractivity contribution in [3.05, 3.63) is 96.1 Å². The van der Waals surface area contributed by atoms with Gasteiger partial charge >= 0.3 is 0 Å². The van der Waals surface area contributed by atoms with Gasteiger partial charge in [0.25, 0.3) is 0 Å². The number of likely N-dealkylation sites (N-methyl/N-ethyl adjacent to an activating group) is 2. The first-order chi connectivity index (χ1) is 15.3. The number of anilines is 2. The molecule has 0 saturated heterocycles. The Balaban J connectivity index is 0.000000181. The number of allylic oxidation sites excluding steroid dienone is 4. The molecule has 0 aliphatic carbocycles. The third kappa shape index (κ3) is 4.60. The maximum absolute atomic E-state index is 3.69. The van der Waals surface area contributed by atoms with Gasteiger partial charge in [0.1, 0.15) is 0 Å². The summed E-state index contributed by atoms with van der Waals surface area (Å²) in [6.45, 7) is 16.5. The van der Waals surface area contributed by atoms with E-state index in [-0.39, 0.29) is 0 Å². The van der Waals surface area contributed by atoms with Gasteiger partial charge in [-0.1, -0.05) is 75.6 Å². The summed E-state index contributed by atoms with van der Waals surface area (Å²) in [5.74, 6) is 1.22. The molecule has 2 heteroatoms. The summed E-state index contributed by atoms with van der Waals surface area (Å²) in [5.41, 5.74) is 8.18. The van der Waals surface area contributed by atoms with Gasteiger partial charge in [0.05, 0.1) is 0 Å². The van der Waals surface area contributed by atoms with Gasteiger partial charge in [0.15, 0.2) is 0 Å². The van der Waals surface area contributed by atoms with E-state index >= 15 is 0 Å². The molecule has 4 unspecified atom stereocenters. The van der Waals surface area contributed by atoms with Crippen molar-refractivity contribution in [3.63, 3.8) is 0 Å². The summed E-state index contributed by atoms with van der Waals surface area (Å²) in [6.07, 6.45) is 11.8. The minimum Gasteiger partial charge on any atom is -0.371 e. The van der Waals surface area contributed by atoms with Crippen LogP contribution in [0, 0.1) is 0 Å². The SMILES string of the molecule is C=C/C=C/c1ccc2c(c1)C(C)C(C)N2C.C=C/C=C\c1ccc2c(c1)C(C)C(C)N2C. The molecule has 0 radical (unpaired) electrons. The molecule has 4 rings (SSSR count). The zero-order valence-corrected chi connectivity index (χ0v) is 20.5. The van der Waals surface area contributed by atoms with Crippen LogP contribution >= 0.6 is 0 Å². The summed E-state index contributed by atoms with van der Waals surface area (Å²) >= 11 is 0. The van der Waals surface area contributed by atoms with Crippen LogP contribution in [-0.2, 0) is 0 Å². The van der Waals surface area contributed by atoms with Crippen molar-refractivity contribution in [1.29, 1.82) is 0 Å². The van der Waals surface area contributed by atoms with Gasteiger partial charge in [0.2, 0.25) is 0 Å². The summed E-state index contributed by atoms with van der Waals surface area (Å²) in [5, 5.41) is 0. The molecule has 2 aromatic carbocycles. The molecule has 2 aliphatic rings. The summed E-state index contributed by atoms with van der Waals surface area (Å²) in [4.78, 5) is 4.72. The molecule has 0 bridgehead atoms.